The van der Waals surface area contributed by atoms with Crippen molar-refractivity contribution in [2.45, 2.75) is 69.7 Å². The van der Waals surface area contributed by atoms with E-state index in [1.165, 1.54) is 25.7 Å². The summed E-state index contributed by atoms with van der Waals surface area (Å²) in [6.45, 7) is 10.6. The summed E-state index contributed by atoms with van der Waals surface area (Å²) >= 11 is 0. The Labute approximate surface area is 124 Å². The third-order valence-corrected chi connectivity index (χ3v) is 7.36. The Balaban J connectivity index is 2.03. The molecule has 1 heterocycles. The molecule has 1 spiro atoms. The van der Waals surface area contributed by atoms with Crippen molar-refractivity contribution in [1.82, 2.24) is 10.2 Å². The van der Waals surface area contributed by atoms with E-state index in [1.54, 1.807) is 13.8 Å². The topological polar surface area (TPSA) is 49.4 Å². The Morgan fingerprint density at radius 1 is 1.20 bits per heavy atom. The molecule has 0 unspecified atom stereocenters. The van der Waals surface area contributed by atoms with E-state index in [2.05, 4.69) is 24.1 Å². The fraction of sp³-hybridized carbons (Fsp3) is 1.00. The van der Waals surface area contributed by atoms with Crippen molar-refractivity contribution in [3.8, 4) is 0 Å². The van der Waals surface area contributed by atoms with Crippen LogP contribution >= 0.6 is 0 Å². The van der Waals surface area contributed by atoms with Crippen LogP contribution in [0.15, 0.2) is 0 Å². The molecule has 2 fully saturated rings. The lowest BCUT2D eigenvalue weighted by Crippen LogP contribution is -2.67. The molecule has 4 nitrogen and oxygen atoms in total. The first-order valence-electron chi connectivity index (χ1n) is 7.89. The Bertz CT molecular complexity index is 437. The van der Waals surface area contributed by atoms with E-state index >= 15 is 0 Å². The van der Waals surface area contributed by atoms with E-state index in [-0.39, 0.29) is 22.1 Å². The van der Waals surface area contributed by atoms with Crippen LogP contribution in [0, 0.1) is 0 Å². The zero-order valence-electron chi connectivity index (χ0n) is 13.4. The van der Waals surface area contributed by atoms with Crippen LogP contribution in [-0.4, -0.2) is 55.0 Å². The van der Waals surface area contributed by atoms with Crippen molar-refractivity contribution in [1.29, 1.82) is 0 Å². The van der Waals surface area contributed by atoms with Crippen LogP contribution in [0.25, 0.3) is 0 Å². The first-order chi connectivity index (χ1) is 9.17. The number of hydrogen-bond donors (Lipinski definition) is 1. The van der Waals surface area contributed by atoms with Crippen LogP contribution < -0.4 is 5.32 Å². The van der Waals surface area contributed by atoms with Crippen molar-refractivity contribution in [2.75, 3.05) is 25.4 Å². The molecular weight excluding hydrogens is 272 g/mol. The van der Waals surface area contributed by atoms with Gasteiger partial charge in [-0.15, -0.1) is 0 Å². The van der Waals surface area contributed by atoms with Crippen LogP contribution in [0.1, 0.15) is 53.4 Å². The van der Waals surface area contributed by atoms with Gasteiger partial charge in [-0.3, -0.25) is 4.90 Å². The second-order valence-corrected chi connectivity index (χ2v) is 10.2. The normalized spacial score (nSPS) is 26.4. The van der Waals surface area contributed by atoms with Gasteiger partial charge in [-0.1, -0.05) is 12.8 Å². The summed E-state index contributed by atoms with van der Waals surface area (Å²) < 4.78 is 24.1. The van der Waals surface area contributed by atoms with Gasteiger partial charge in [0.1, 0.15) is 0 Å². The van der Waals surface area contributed by atoms with E-state index in [9.17, 15) is 8.42 Å². The lowest BCUT2D eigenvalue weighted by Gasteiger charge is -2.51. The highest BCUT2D eigenvalue weighted by molar-refractivity contribution is 7.92. The highest BCUT2D eigenvalue weighted by Gasteiger charge is 2.44. The van der Waals surface area contributed by atoms with Gasteiger partial charge in [0.05, 0.1) is 11.0 Å². The molecule has 1 N–H and O–H groups in total. The number of sulfone groups is 1. The minimum atomic E-state index is -2.94. The van der Waals surface area contributed by atoms with Crippen molar-refractivity contribution in [3.63, 3.8) is 0 Å². The molecule has 1 aliphatic carbocycles. The molecule has 1 aliphatic heterocycles. The Morgan fingerprint density at radius 2 is 1.80 bits per heavy atom. The maximum absolute atomic E-state index is 12.1. The van der Waals surface area contributed by atoms with Crippen LogP contribution in [0.2, 0.25) is 0 Å². The van der Waals surface area contributed by atoms with Gasteiger partial charge in [0.25, 0.3) is 0 Å². The molecule has 20 heavy (non-hydrogen) atoms. The molecule has 1 saturated carbocycles. The summed E-state index contributed by atoms with van der Waals surface area (Å²) in [4.78, 5) is 2.40. The first-order valence-corrected chi connectivity index (χ1v) is 9.60. The first kappa shape index (κ1) is 16.2. The van der Waals surface area contributed by atoms with Crippen LogP contribution in [-0.2, 0) is 9.84 Å². The fourth-order valence-electron chi connectivity index (χ4n) is 3.39. The minimum absolute atomic E-state index is 0.0420. The predicted octanol–water partition coefficient (Wildman–Crippen LogP) is 1.81. The van der Waals surface area contributed by atoms with Gasteiger partial charge in [-0.25, -0.2) is 8.42 Å². The Hall–Kier alpha value is -0.130. The standard InChI is InChI=1S/C15H30N2O2S/c1-13(2)20(18,19)10-9-17-12-15(7-5-6-8-15)16-11-14(17,3)4/h13,16H,5-12H2,1-4H3. The quantitative estimate of drug-likeness (QED) is 0.860. The highest BCUT2D eigenvalue weighted by atomic mass is 32.2. The minimum Gasteiger partial charge on any atom is -0.308 e. The summed E-state index contributed by atoms with van der Waals surface area (Å²) in [5.41, 5.74) is 0.289. The Morgan fingerprint density at radius 3 is 2.35 bits per heavy atom. The predicted molar refractivity (Wildman–Crippen MR) is 83.8 cm³/mol. The zero-order valence-corrected chi connectivity index (χ0v) is 14.2. The molecule has 0 radical (unpaired) electrons. The summed E-state index contributed by atoms with van der Waals surface area (Å²) in [5, 5.41) is 3.47. The number of nitrogens with one attached hydrogen (secondary N) is 1. The average Bonchev–Trinajstić information content (AvgIpc) is 2.80. The van der Waals surface area contributed by atoms with Gasteiger partial charge in [-0.2, -0.15) is 0 Å². The molecule has 2 rings (SSSR count). The van der Waals surface area contributed by atoms with Gasteiger partial charge >= 0.3 is 0 Å². The van der Waals surface area contributed by atoms with Crippen molar-refractivity contribution in [2.24, 2.45) is 0 Å². The molecule has 1 saturated heterocycles. The van der Waals surface area contributed by atoms with Crippen molar-refractivity contribution in [3.05, 3.63) is 0 Å². The monoisotopic (exact) mass is 302 g/mol. The van der Waals surface area contributed by atoms with Gasteiger partial charge in [0.15, 0.2) is 9.84 Å². The van der Waals surface area contributed by atoms with Crippen LogP contribution in [0.5, 0.6) is 0 Å². The number of nitrogens with zero attached hydrogens (tertiary/aromatic N) is 1. The molecule has 0 atom stereocenters. The van der Waals surface area contributed by atoms with Crippen LogP contribution in [0.3, 0.4) is 0 Å². The lowest BCUT2D eigenvalue weighted by atomic mass is 9.87. The van der Waals surface area contributed by atoms with Crippen molar-refractivity contribution >= 4 is 9.84 Å². The molecule has 0 aromatic heterocycles. The molecule has 0 bridgehead atoms. The average molecular weight is 302 g/mol. The molecule has 0 aromatic rings. The second kappa shape index (κ2) is 5.58. The van der Waals surface area contributed by atoms with E-state index in [4.69, 9.17) is 0 Å². The summed E-state index contributed by atoms with van der Waals surface area (Å²) in [6, 6.07) is 0. The fourth-order valence-corrected chi connectivity index (χ4v) is 4.34. The molecule has 118 valence electrons. The van der Waals surface area contributed by atoms with Gasteiger partial charge in [-0.05, 0) is 40.5 Å². The third kappa shape index (κ3) is 3.37. The third-order valence-electron chi connectivity index (χ3n) is 5.17. The summed E-state index contributed by atoms with van der Waals surface area (Å²) in [6.07, 6.45) is 5.06. The van der Waals surface area contributed by atoms with E-state index in [0.717, 1.165) is 13.1 Å². The molecule has 0 amide bonds. The van der Waals surface area contributed by atoms with E-state index in [0.29, 0.717) is 6.54 Å². The van der Waals surface area contributed by atoms with Gasteiger partial charge in [0.2, 0.25) is 0 Å². The highest BCUT2D eigenvalue weighted by Crippen LogP contribution is 2.35. The SMILES string of the molecule is CC(C)S(=O)(=O)CCN1CC2(CCCC2)NCC1(C)C. The maximum Gasteiger partial charge on any atom is 0.153 e. The number of hydrogen-bond acceptors (Lipinski definition) is 4. The maximum atomic E-state index is 12.1. The van der Waals surface area contributed by atoms with Crippen LogP contribution in [0.4, 0.5) is 0 Å². The van der Waals surface area contributed by atoms with Gasteiger partial charge < -0.3 is 5.32 Å². The zero-order chi connectivity index (χ0) is 15.0. The summed E-state index contributed by atoms with van der Waals surface area (Å²) in [5.74, 6) is 0.282. The van der Waals surface area contributed by atoms with E-state index in [1.807, 2.05) is 0 Å². The number of piperazine rings is 1. The molecular formula is C15H30N2O2S. The smallest absolute Gasteiger partial charge is 0.153 e. The number of rotatable bonds is 4. The van der Waals surface area contributed by atoms with Gasteiger partial charge in [0, 0.05) is 30.7 Å². The Kier molecular flexibility index (Phi) is 4.53. The lowest BCUT2D eigenvalue weighted by molar-refractivity contribution is 0.0336. The summed E-state index contributed by atoms with van der Waals surface area (Å²) in [7, 11) is -2.94. The largest absolute Gasteiger partial charge is 0.308 e. The molecule has 2 aliphatic rings. The molecule has 0 aromatic carbocycles. The second-order valence-electron chi connectivity index (χ2n) is 7.49. The van der Waals surface area contributed by atoms with Crippen molar-refractivity contribution < 1.29 is 8.42 Å². The van der Waals surface area contributed by atoms with E-state index < -0.39 is 9.84 Å². The molecule has 5 heteroatoms.